The van der Waals surface area contributed by atoms with E-state index in [-0.39, 0.29) is 5.91 Å². The van der Waals surface area contributed by atoms with Crippen molar-refractivity contribution in [1.82, 2.24) is 9.80 Å². The van der Waals surface area contributed by atoms with Gasteiger partial charge in [0.1, 0.15) is 0 Å². The van der Waals surface area contributed by atoms with E-state index in [1.165, 1.54) is 12.0 Å². The third kappa shape index (κ3) is 5.31. The molecule has 2 saturated heterocycles. The van der Waals surface area contributed by atoms with Gasteiger partial charge >= 0.3 is 0 Å². The summed E-state index contributed by atoms with van der Waals surface area (Å²) in [5, 5.41) is 2.99. The van der Waals surface area contributed by atoms with E-state index in [9.17, 15) is 9.59 Å². The lowest BCUT2D eigenvalue weighted by molar-refractivity contribution is -0.128. The fraction of sp³-hybridized carbons (Fsp3) is 0.619. The number of amides is 2. The Hall–Kier alpha value is -1.88. The molecule has 0 spiro atoms. The summed E-state index contributed by atoms with van der Waals surface area (Å²) < 4.78 is 0. The summed E-state index contributed by atoms with van der Waals surface area (Å²) in [5.41, 5.74) is 2.15. The quantitative estimate of drug-likeness (QED) is 0.816. The molecule has 0 radical (unpaired) electrons. The Morgan fingerprint density at radius 1 is 1.19 bits per heavy atom. The molecule has 26 heavy (non-hydrogen) atoms. The molecule has 0 aliphatic carbocycles. The summed E-state index contributed by atoms with van der Waals surface area (Å²) in [4.78, 5) is 28.5. The van der Waals surface area contributed by atoms with E-state index in [2.05, 4.69) is 29.3 Å². The molecule has 5 heteroatoms. The average Bonchev–Trinajstić information content (AvgIpc) is 3.06. The number of aryl methyl sites for hydroxylation is 1. The normalized spacial score (nSPS) is 21.2. The lowest BCUT2D eigenvalue weighted by atomic mass is 9.97. The Balaban J connectivity index is 1.40. The molecule has 2 aliphatic heterocycles. The molecule has 0 saturated carbocycles. The van der Waals surface area contributed by atoms with Gasteiger partial charge in [-0.3, -0.25) is 9.59 Å². The molecule has 142 valence electrons. The van der Waals surface area contributed by atoms with Crippen LogP contribution in [-0.2, 0) is 16.0 Å². The summed E-state index contributed by atoms with van der Waals surface area (Å²) in [7, 11) is 0. The second-order valence-corrected chi connectivity index (χ2v) is 7.60. The third-order valence-electron chi connectivity index (χ3n) is 5.55. The fourth-order valence-electron chi connectivity index (χ4n) is 4.02. The monoisotopic (exact) mass is 357 g/mol. The van der Waals surface area contributed by atoms with Gasteiger partial charge in [-0.25, -0.2) is 0 Å². The average molecular weight is 357 g/mol. The van der Waals surface area contributed by atoms with Gasteiger partial charge in [0.05, 0.1) is 0 Å². The minimum atomic E-state index is 0.0751. The first-order valence-corrected chi connectivity index (χ1v) is 10.0. The van der Waals surface area contributed by atoms with Crippen molar-refractivity contribution in [2.24, 2.45) is 5.92 Å². The fourth-order valence-corrected chi connectivity index (χ4v) is 4.02. The lowest BCUT2D eigenvalue weighted by Crippen LogP contribution is -2.42. The number of carbonyl (C=O) groups excluding carboxylic acids is 2. The van der Waals surface area contributed by atoms with E-state index in [0.717, 1.165) is 64.1 Å². The SMILES string of the molecule is CCc1ccc(NC(=O)CCN2CCCC(CN3CCCC3=O)C2)cc1. The van der Waals surface area contributed by atoms with E-state index in [4.69, 9.17) is 0 Å². The lowest BCUT2D eigenvalue weighted by Gasteiger charge is -2.34. The van der Waals surface area contributed by atoms with Gasteiger partial charge in [0.15, 0.2) is 0 Å². The van der Waals surface area contributed by atoms with Crippen LogP contribution >= 0.6 is 0 Å². The summed E-state index contributed by atoms with van der Waals surface area (Å²) >= 11 is 0. The number of likely N-dealkylation sites (tertiary alicyclic amines) is 2. The van der Waals surface area contributed by atoms with Crippen molar-refractivity contribution in [3.63, 3.8) is 0 Å². The molecule has 1 aromatic rings. The van der Waals surface area contributed by atoms with Crippen LogP contribution < -0.4 is 5.32 Å². The Bertz CT molecular complexity index is 614. The standard InChI is InChI=1S/C21H31N3O2/c1-2-17-7-9-19(10-8-17)22-20(25)11-14-23-12-3-5-18(15-23)16-24-13-4-6-21(24)26/h7-10,18H,2-6,11-16H2,1H3,(H,22,25). The molecular weight excluding hydrogens is 326 g/mol. The highest BCUT2D eigenvalue weighted by Gasteiger charge is 2.26. The minimum Gasteiger partial charge on any atom is -0.342 e. The van der Waals surface area contributed by atoms with Crippen molar-refractivity contribution in [2.75, 3.05) is 38.0 Å². The van der Waals surface area contributed by atoms with Crippen LogP contribution in [-0.4, -0.2) is 54.3 Å². The molecule has 2 heterocycles. The van der Waals surface area contributed by atoms with Crippen molar-refractivity contribution < 1.29 is 9.59 Å². The number of carbonyl (C=O) groups is 2. The molecular formula is C21H31N3O2. The summed E-state index contributed by atoms with van der Waals surface area (Å²) in [5.74, 6) is 0.942. The van der Waals surface area contributed by atoms with Gasteiger partial charge < -0.3 is 15.1 Å². The maximum atomic E-state index is 12.2. The van der Waals surface area contributed by atoms with Crippen LogP contribution in [0.5, 0.6) is 0 Å². The third-order valence-corrected chi connectivity index (χ3v) is 5.55. The molecule has 1 N–H and O–H groups in total. The molecule has 2 amide bonds. The Labute approximate surface area is 156 Å². The van der Waals surface area contributed by atoms with Crippen LogP contribution in [0.1, 0.15) is 44.6 Å². The first kappa shape index (κ1) is 18.9. The topological polar surface area (TPSA) is 52.7 Å². The van der Waals surface area contributed by atoms with Crippen molar-refractivity contribution >= 4 is 17.5 Å². The van der Waals surface area contributed by atoms with Gasteiger partial charge in [-0.1, -0.05) is 19.1 Å². The van der Waals surface area contributed by atoms with Crippen molar-refractivity contribution in [3.05, 3.63) is 29.8 Å². The molecule has 5 nitrogen and oxygen atoms in total. The molecule has 2 aliphatic rings. The highest BCUT2D eigenvalue weighted by Crippen LogP contribution is 2.20. The number of anilines is 1. The van der Waals surface area contributed by atoms with Crippen LogP contribution in [0.4, 0.5) is 5.69 Å². The Morgan fingerprint density at radius 3 is 2.69 bits per heavy atom. The van der Waals surface area contributed by atoms with Crippen LogP contribution in [0.2, 0.25) is 0 Å². The zero-order valence-electron chi connectivity index (χ0n) is 15.9. The van der Waals surface area contributed by atoms with Crippen LogP contribution in [0.15, 0.2) is 24.3 Å². The summed E-state index contributed by atoms with van der Waals surface area (Å²) in [6, 6.07) is 8.07. The first-order chi connectivity index (χ1) is 12.6. The van der Waals surface area contributed by atoms with Gasteiger partial charge in [-0.15, -0.1) is 0 Å². The summed E-state index contributed by atoms with van der Waals surface area (Å²) in [6.45, 7) is 6.80. The Morgan fingerprint density at radius 2 is 2.00 bits per heavy atom. The van der Waals surface area contributed by atoms with E-state index in [1.807, 2.05) is 17.0 Å². The van der Waals surface area contributed by atoms with E-state index < -0.39 is 0 Å². The Kier molecular flexibility index (Phi) is 6.67. The predicted octanol–water partition coefficient (Wildman–Crippen LogP) is 2.91. The largest absolute Gasteiger partial charge is 0.342 e. The van der Waals surface area contributed by atoms with Gasteiger partial charge in [0, 0.05) is 44.7 Å². The maximum absolute atomic E-state index is 12.2. The highest BCUT2D eigenvalue weighted by atomic mass is 16.2. The second-order valence-electron chi connectivity index (χ2n) is 7.60. The van der Waals surface area contributed by atoms with Crippen molar-refractivity contribution in [3.8, 4) is 0 Å². The first-order valence-electron chi connectivity index (χ1n) is 10.0. The van der Waals surface area contributed by atoms with Crippen molar-refractivity contribution in [2.45, 2.75) is 45.4 Å². The summed E-state index contributed by atoms with van der Waals surface area (Å²) in [6.07, 6.45) is 5.60. The number of benzene rings is 1. The maximum Gasteiger partial charge on any atom is 0.225 e. The van der Waals surface area contributed by atoms with Gasteiger partial charge in [-0.2, -0.15) is 0 Å². The van der Waals surface area contributed by atoms with Gasteiger partial charge in [0.25, 0.3) is 0 Å². The minimum absolute atomic E-state index is 0.0751. The number of nitrogens with one attached hydrogen (secondary N) is 1. The zero-order valence-corrected chi connectivity index (χ0v) is 15.9. The predicted molar refractivity (Wildman–Crippen MR) is 104 cm³/mol. The molecule has 2 fully saturated rings. The number of hydrogen-bond donors (Lipinski definition) is 1. The zero-order chi connectivity index (χ0) is 18.4. The molecule has 3 rings (SSSR count). The van der Waals surface area contributed by atoms with Crippen LogP contribution in [0, 0.1) is 5.92 Å². The van der Waals surface area contributed by atoms with Crippen molar-refractivity contribution in [1.29, 1.82) is 0 Å². The van der Waals surface area contributed by atoms with Crippen LogP contribution in [0.3, 0.4) is 0 Å². The van der Waals surface area contributed by atoms with Crippen LogP contribution in [0.25, 0.3) is 0 Å². The van der Waals surface area contributed by atoms with E-state index >= 15 is 0 Å². The van der Waals surface area contributed by atoms with Gasteiger partial charge in [-0.05, 0) is 55.8 Å². The molecule has 1 unspecified atom stereocenters. The molecule has 0 aromatic heterocycles. The number of piperidine rings is 1. The molecule has 1 atom stereocenters. The molecule has 1 aromatic carbocycles. The van der Waals surface area contributed by atoms with E-state index in [0.29, 0.717) is 18.2 Å². The number of rotatable bonds is 7. The van der Waals surface area contributed by atoms with E-state index in [1.54, 1.807) is 0 Å². The number of hydrogen-bond acceptors (Lipinski definition) is 3. The highest BCUT2D eigenvalue weighted by molar-refractivity contribution is 5.90. The number of nitrogens with zero attached hydrogens (tertiary/aromatic N) is 2. The van der Waals surface area contributed by atoms with Gasteiger partial charge in [0.2, 0.25) is 11.8 Å². The second kappa shape index (κ2) is 9.17. The smallest absolute Gasteiger partial charge is 0.225 e. The molecule has 0 bridgehead atoms.